The first kappa shape index (κ1) is 42.1. The van der Waals surface area contributed by atoms with E-state index < -0.39 is 32.0 Å². The van der Waals surface area contributed by atoms with E-state index in [1.54, 1.807) is 0 Å². The summed E-state index contributed by atoms with van der Waals surface area (Å²) in [6.07, 6.45) is 0.747. The van der Waals surface area contributed by atoms with Gasteiger partial charge in [0.15, 0.2) is 6.04 Å². The first-order chi connectivity index (χ1) is 25.9. The van der Waals surface area contributed by atoms with Gasteiger partial charge in [0.05, 0.1) is 39.0 Å². The van der Waals surface area contributed by atoms with E-state index in [1.165, 1.54) is 36.4 Å². The Morgan fingerprint density at radius 3 is 2.15 bits per heavy atom. The first-order valence-corrected chi connectivity index (χ1v) is 19.6. The number of quaternary nitrogens is 1. The highest BCUT2D eigenvalue weighted by atomic mass is 32.2. The van der Waals surface area contributed by atoms with Crippen molar-refractivity contribution in [3.05, 3.63) is 121 Å². The number of aromatic nitrogens is 4. The molecule has 3 atom stereocenters. The maximum atomic E-state index is 13.4. The number of carbonyl (C=O) groups excluding carboxylic acids is 2. The van der Waals surface area contributed by atoms with Crippen LogP contribution in [0.4, 0.5) is 4.79 Å². The number of nitrogens with one attached hydrogen (secondary N) is 1. The molecule has 0 spiro atoms. The van der Waals surface area contributed by atoms with Gasteiger partial charge in [-0.1, -0.05) is 97.6 Å². The number of phosphoric acid groups is 1. The topological polar surface area (TPSA) is 162 Å². The average Bonchev–Trinajstić information content (AvgIpc) is 3.80. The minimum absolute atomic E-state index is 0.0403. The van der Waals surface area contributed by atoms with Crippen LogP contribution in [-0.4, -0.2) is 98.3 Å². The van der Waals surface area contributed by atoms with Gasteiger partial charge in [-0.3, -0.25) is 23.9 Å². The van der Waals surface area contributed by atoms with Crippen LogP contribution in [0.3, 0.4) is 0 Å². The van der Waals surface area contributed by atoms with E-state index in [0.29, 0.717) is 16.2 Å². The van der Waals surface area contributed by atoms with Crippen LogP contribution in [0.25, 0.3) is 11.1 Å². The second kappa shape index (κ2) is 20.7. The number of hydrogen-bond acceptors (Lipinski definition) is 12. The fourth-order valence-corrected chi connectivity index (χ4v) is 7.21. The fourth-order valence-electron chi connectivity index (χ4n) is 5.22. The molecule has 0 saturated carbocycles. The van der Waals surface area contributed by atoms with Crippen LogP contribution in [-0.2, 0) is 38.2 Å². The summed E-state index contributed by atoms with van der Waals surface area (Å²) in [7, 11) is 1.70. The van der Waals surface area contributed by atoms with Crippen LogP contribution in [0.5, 0.6) is 0 Å². The molecule has 3 aromatic carbocycles. The number of alkyl carbamates (subject to hydrolysis) is 1. The van der Waals surface area contributed by atoms with Crippen LogP contribution in [0.15, 0.2) is 109 Å². The molecule has 1 amide bonds. The van der Waals surface area contributed by atoms with E-state index in [0.717, 1.165) is 28.0 Å². The van der Waals surface area contributed by atoms with E-state index >= 15 is 0 Å². The number of nitrogens with zero attached hydrogens (tertiary/aromatic N) is 5. The summed E-state index contributed by atoms with van der Waals surface area (Å²) in [6, 6.07) is 24.7. The van der Waals surface area contributed by atoms with Crippen LogP contribution in [0.1, 0.15) is 29.5 Å². The summed E-state index contributed by atoms with van der Waals surface area (Å²) in [5.41, 5.74) is 5.52. The Bertz CT molecular complexity index is 1810. The maximum absolute atomic E-state index is 13.4. The molecule has 0 aliphatic heterocycles. The number of ether oxygens (including phenoxy) is 2. The van der Waals surface area contributed by atoms with Crippen molar-refractivity contribution in [1.29, 1.82) is 0 Å². The Labute approximate surface area is 320 Å². The van der Waals surface area contributed by atoms with Crippen molar-refractivity contribution in [2.24, 2.45) is 0 Å². The number of esters is 1. The average molecular weight is 779 g/mol. The molecule has 1 aliphatic rings. The first-order valence-electron chi connectivity index (χ1n) is 17.2. The third kappa shape index (κ3) is 13.0. The van der Waals surface area contributed by atoms with E-state index in [1.807, 2.05) is 87.9 Å². The number of hydrogen-bond donors (Lipinski definition) is 1. The van der Waals surface area contributed by atoms with Crippen LogP contribution >= 0.6 is 19.6 Å². The summed E-state index contributed by atoms with van der Waals surface area (Å²) in [5.74, 6) is -0.142. The van der Waals surface area contributed by atoms with Gasteiger partial charge < -0.3 is 24.4 Å². The zero-order valence-electron chi connectivity index (χ0n) is 30.9. The molecule has 0 saturated heterocycles. The van der Waals surface area contributed by atoms with Crippen molar-refractivity contribution >= 4 is 31.6 Å². The third-order valence-electron chi connectivity index (χ3n) is 7.85. The van der Waals surface area contributed by atoms with Gasteiger partial charge in [-0.25, -0.2) is 14.2 Å². The lowest BCUT2D eigenvalue weighted by Crippen LogP contribution is -2.49. The standard InChI is InChI=1S/C30H39N2O8P.C8H7N4S/c1-7-18-36-29(33)28(22(3)40-41(35,38-19-8-2)39-20-17-32(4,5)6)31-30(34)37-21-27-25-15-11-9-13-23(25)24-14-10-12-16-26(24)27;1-2-4-7(5-3-1)6-13-8-9-11-12-10-8/h7-16,22,27-28H,1-2,17-21H2,3-6H3;1-5H,6H2/q;-1/p+1/t22-,28+,41?;/m1./s1. The van der Waals surface area contributed by atoms with Gasteiger partial charge in [0.1, 0.15) is 26.4 Å². The predicted molar refractivity (Wildman–Crippen MR) is 205 cm³/mol. The second-order valence-electron chi connectivity index (χ2n) is 13.0. The van der Waals surface area contributed by atoms with Crippen LogP contribution in [0, 0.1) is 0 Å². The summed E-state index contributed by atoms with van der Waals surface area (Å²) >= 11 is 1.53. The van der Waals surface area contributed by atoms with E-state index in [9.17, 15) is 14.2 Å². The lowest BCUT2D eigenvalue weighted by atomic mass is 9.98. The molecule has 1 aromatic heterocycles. The lowest BCUT2D eigenvalue weighted by Gasteiger charge is -2.28. The molecule has 0 fully saturated rings. The summed E-state index contributed by atoms with van der Waals surface area (Å²) in [5, 5.41) is 17.4. The van der Waals surface area contributed by atoms with Gasteiger partial charge >= 0.3 is 19.9 Å². The molecule has 16 heteroatoms. The normalized spacial score (nSPS) is 14.2. The smallest absolute Gasteiger partial charge is 0.460 e. The Hall–Kier alpha value is -4.63. The highest BCUT2D eigenvalue weighted by Gasteiger charge is 2.38. The van der Waals surface area contributed by atoms with Gasteiger partial charge in [-0.15, -0.1) is 18.3 Å². The summed E-state index contributed by atoms with van der Waals surface area (Å²) in [4.78, 5) is 25.9. The highest BCUT2D eigenvalue weighted by Crippen LogP contribution is 2.51. The van der Waals surface area contributed by atoms with Crippen molar-refractivity contribution in [3.8, 4) is 11.1 Å². The number of likely N-dealkylation sites (N-methyl/N-ethyl adjacent to an activating group) is 1. The maximum Gasteiger partial charge on any atom is 0.475 e. The highest BCUT2D eigenvalue weighted by molar-refractivity contribution is 7.98. The summed E-state index contributed by atoms with van der Waals surface area (Å²) in [6.45, 7) is 8.97. The SMILES string of the molecule is C=CCOC(=O)[C@@H](NC(=O)OCC1c2ccccc2-c2ccccc21)[C@@H](C)OP(=O)(OCC=C)OCC[N+](C)(C)C.c1ccc(CSc2nnn[n-]2)cc1. The zero-order valence-corrected chi connectivity index (χ0v) is 32.6. The van der Waals surface area contributed by atoms with Gasteiger partial charge in [-0.05, 0) is 34.7 Å². The largest absolute Gasteiger partial charge is 0.475 e. The number of tetrazole rings is 1. The molecule has 14 nitrogen and oxygen atoms in total. The Morgan fingerprint density at radius 2 is 1.56 bits per heavy atom. The van der Waals surface area contributed by atoms with Gasteiger partial charge in [0.2, 0.25) is 0 Å². The number of phosphoric ester groups is 1. The monoisotopic (exact) mass is 778 g/mol. The van der Waals surface area contributed by atoms with Crippen molar-refractivity contribution in [2.75, 3.05) is 54.1 Å². The van der Waals surface area contributed by atoms with E-state index in [2.05, 4.69) is 51.2 Å². The van der Waals surface area contributed by atoms with Gasteiger partial charge in [0, 0.05) is 11.7 Å². The molecule has 54 heavy (non-hydrogen) atoms. The molecule has 1 unspecified atom stereocenters. The quantitative estimate of drug-likeness (QED) is 0.0378. The number of fused-ring (bicyclic) bond motifs is 3. The molecule has 1 N–H and O–H groups in total. The molecule has 1 aliphatic carbocycles. The van der Waals surface area contributed by atoms with Gasteiger partial charge in [-0.2, -0.15) is 5.21 Å². The molecule has 1 heterocycles. The third-order valence-corrected chi connectivity index (χ3v) is 10.3. The van der Waals surface area contributed by atoms with Gasteiger partial charge in [0.25, 0.3) is 0 Å². The van der Waals surface area contributed by atoms with Crippen LogP contribution in [0.2, 0.25) is 0 Å². The number of amides is 1. The van der Waals surface area contributed by atoms with Crippen molar-refractivity contribution in [2.45, 2.75) is 35.9 Å². The molecule has 0 bridgehead atoms. The Morgan fingerprint density at radius 1 is 0.926 bits per heavy atom. The number of thioether (sulfide) groups is 1. The van der Waals surface area contributed by atoms with Crippen LogP contribution < -0.4 is 10.4 Å². The minimum atomic E-state index is -4.15. The minimum Gasteiger partial charge on any atom is -0.460 e. The number of benzene rings is 3. The lowest BCUT2D eigenvalue weighted by molar-refractivity contribution is -0.870. The van der Waals surface area contributed by atoms with Crippen molar-refractivity contribution in [1.82, 2.24) is 25.9 Å². The summed E-state index contributed by atoms with van der Waals surface area (Å²) < 4.78 is 41.2. The second-order valence-corrected chi connectivity index (χ2v) is 15.6. The molecule has 288 valence electrons. The Kier molecular flexibility index (Phi) is 16.2. The van der Waals surface area contributed by atoms with Crippen molar-refractivity contribution < 1.29 is 41.7 Å². The Balaban J connectivity index is 0.000000416. The van der Waals surface area contributed by atoms with E-state index in [-0.39, 0.29) is 32.3 Å². The molecule has 5 rings (SSSR count). The number of carbonyl (C=O) groups is 2. The predicted octanol–water partition coefficient (Wildman–Crippen LogP) is 6.18. The van der Waals surface area contributed by atoms with E-state index in [4.69, 9.17) is 23.0 Å². The molecule has 4 aromatic rings. The molecular weight excluding hydrogens is 731 g/mol. The zero-order chi connectivity index (χ0) is 39.0. The fraction of sp³-hybridized carbons (Fsp3) is 0.342. The molecule has 0 radical (unpaired) electrons. The molecular formula is C38H47N6O8PS. The number of rotatable bonds is 19. The van der Waals surface area contributed by atoms with Crippen molar-refractivity contribution in [3.63, 3.8) is 0 Å².